The molecule has 0 saturated carbocycles. The second-order valence-electron chi connectivity index (χ2n) is 10.1. The molecule has 3 fully saturated rings. The number of carbonyl (C=O) groups is 2. The maximum atomic E-state index is 14.1. The van der Waals surface area contributed by atoms with Gasteiger partial charge in [0.25, 0.3) is 0 Å². The van der Waals surface area contributed by atoms with E-state index in [0.717, 1.165) is 18.9 Å². The van der Waals surface area contributed by atoms with Crippen LogP contribution in [0.2, 0.25) is 0 Å². The van der Waals surface area contributed by atoms with E-state index in [0.29, 0.717) is 45.2 Å². The second-order valence-corrected chi connectivity index (χ2v) is 10.1. The van der Waals surface area contributed by atoms with Gasteiger partial charge in [-0.05, 0) is 63.5 Å². The maximum absolute atomic E-state index is 14.1. The van der Waals surface area contributed by atoms with Crippen molar-refractivity contribution in [3.05, 3.63) is 35.1 Å². The number of nitrogens with zero attached hydrogens (tertiary/aromatic N) is 2. The van der Waals surface area contributed by atoms with Crippen LogP contribution in [0.3, 0.4) is 0 Å². The third-order valence-corrected chi connectivity index (χ3v) is 7.52. The molecule has 9 heteroatoms. The lowest BCUT2D eigenvalue weighted by molar-refractivity contribution is -0.159. The average Bonchev–Trinajstić information content (AvgIpc) is 3.05. The van der Waals surface area contributed by atoms with Crippen LogP contribution in [-0.4, -0.2) is 66.0 Å². The number of morpholine rings is 1. The normalized spacial score (nSPS) is 26.4. The minimum atomic E-state index is -1.22. The second kappa shape index (κ2) is 9.25. The summed E-state index contributed by atoms with van der Waals surface area (Å²) < 4.78 is 46.2. The lowest BCUT2D eigenvalue weighted by Gasteiger charge is -2.44. The highest BCUT2D eigenvalue weighted by Crippen LogP contribution is 2.42. The Hall–Kier alpha value is -2.13. The zero-order valence-corrected chi connectivity index (χ0v) is 19.2. The van der Waals surface area contributed by atoms with Gasteiger partial charge < -0.3 is 20.3 Å². The molecule has 0 aromatic heterocycles. The van der Waals surface area contributed by atoms with E-state index in [4.69, 9.17) is 10.5 Å². The van der Waals surface area contributed by atoms with E-state index in [1.807, 2.05) is 4.90 Å². The van der Waals surface area contributed by atoms with Crippen LogP contribution < -0.4 is 5.73 Å². The molecule has 4 atom stereocenters. The summed E-state index contributed by atoms with van der Waals surface area (Å²) in [6.07, 6.45) is 3.07. The van der Waals surface area contributed by atoms with Crippen molar-refractivity contribution in [1.29, 1.82) is 0 Å². The molecule has 1 unspecified atom stereocenters. The Morgan fingerprint density at radius 3 is 2.21 bits per heavy atom. The van der Waals surface area contributed by atoms with E-state index in [2.05, 4.69) is 0 Å². The van der Waals surface area contributed by atoms with Gasteiger partial charge in [0.15, 0.2) is 11.6 Å². The number of halogens is 3. The maximum Gasteiger partial charge on any atom is 0.238 e. The third-order valence-electron chi connectivity index (χ3n) is 7.52. The zero-order chi connectivity index (χ0) is 23.9. The molecule has 0 spiro atoms. The smallest absolute Gasteiger partial charge is 0.238 e. The predicted molar refractivity (Wildman–Crippen MR) is 116 cm³/mol. The van der Waals surface area contributed by atoms with Crippen LogP contribution in [0.1, 0.15) is 45.1 Å². The standard InChI is InChI=1S/C24H32F3N3O3/c1-24(2,22(31)29-5-7-33-8-6-29)23(32)30-16-3-4-17(30)10-15(9-16)21(28)12-14-11-19(26)20(27)13-18(14)25/h11,13,15-17,21H,3-10,12,28H2,1-2H3/t15?,16-,17+,21-/m1/s1. The first kappa shape index (κ1) is 24.0. The molecule has 2 N–H and O–H groups in total. The van der Waals surface area contributed by atoms with Crippen LogP contribution in [0.25, 0.3) is 0 Å². The van der Waals surface area contributed by atoms with Crippen molar-refractivity contribution in [3.63, 3.8) is 0 Å². The number of hydrogen-bond donors (Lipinski definition) is 1. The molecule has 0 radical (unpaired) electrons. The van der Waals surface area contributed by atoms with Gasteiger partial charge in [0.05, 0.1) is 13.2 Å². The van der Waals surface area contributed by atoms with Gasteiger partial charge in [0, 0.05) is 37.3 Å². The zero-order valence-electron chi connectivity index (χ0n) is 19.2. The van der Waals surface area contributed by atoms with Crippen LogP contribution in [0, 0.1) is 28.8 Å². The molecule has 33 heavy (non-hydrogen) atoms. The number of amides is 2. The highest BCUT2D eigenvalue weighted by atomic mass is 19.2. The van der Waals surface area contributed by atoms with Gasteiger partial charge in [-0.2, -0.15) is 0 Å². The molecular weight excluding hydrogens is 435 g/mol. The van der Waals surface area contributed by atoms with Crippen molar-refractivity contribution in [2.24, 2.45) is 17.1 Å². The van der Waals surface area contributed by atoms with Crippen LogP contribution in [0.15, 0.2) is 12.1 Å². The molecule has 3 aliphatic rings. The molecule has 1 aromatic carbocycles. The Bertz CT molecular complexity index is 906. The highest BCUT2D eigenvalue weighted by Gasteiger charge is 2.50. The van der Waals surface area contributed by atoms with Gasteiger partial charge in [0.2, 0.25) is 11.8 Å². The van der Waals surface area contributed by atoms with Crippen molar-refractivity contribution in [2.45, 2.75) is 64.1 Å². The van der Waals surface area contributed by atoms with E-state index in [1.165, 1.54) is 0 Å². The fourth-order valence-corrected chi connectivity index (χ4v) is 5.62. The number of ether oxygens (including phenoxy) is 1. The number of nitrogens with two attached hydrogens (primary N) is 1. The average molecular weight is 468 g/mol. The Kier molecular flexibility index (Phi) is 6.73. The lowest BCUT2D eigenvalue weighted by Crippen LogP contribution is -2.58. The summed E-state index contributed by atoms with van der Waals surface area (Å²) in [5.74, 6) is -3.43. The number of carbonyl (C=O) groups excluding carboxylic acids is 2. The molecule has 1 aromatic rings. The minimum Gasteiger partial charge on any atom is -0.378 e. The Balaban J connectivity index is 1.43. The van der Waals surface area contributed by atoms with Crippen LogP contribution >= 0.6 is 0 Å². The molecule has 2 bridgehead atoms. The summed E-state index contributed by atoms with van der Waals surface area (Å²) in [5.41, 5.74) is 5.28. The predicted octanol–water partition coefficient (Wildman–Crippen LogP) is 2.63. The topological polar surface area (TPSA) is 75.9 Å². The fraction of sp³-hybridized carbons (Fsp3) is 0.667. The van der Waals surface area contributed by atoms with Gasteiger partial charge in [-0.1, -0.05) is 0 Å². The molecular formula is C24H32F3N3O3. The quantitative estimate of drug-likeness (QED) is 0.534. The molecule has 0 aliphatic carbocycles. The van der Waals surface area contributed by atoms with Crippen molar-refractivity contribution in [1.82, 2.24) is 9.80 Å². The van der Waals surface area contributed by atoms with Gasteiger partial charge in [0.1, 0.15) is 11.2 Å². The SMILES string of the molecule is CC(C)(C(=O)N1CCOCC1)C(=O)N1[C@@H]2CC[C@H]1CC([C@H](N)Cc1cc(F)c(F)cc1F)C2. The minimum absolute atomic E-state index is 0.0251. The summed E-state index contributed by atoms with van der Waals surface area (Å²) in [6, 6.07) is 0.929. The third kappa shape index (κ3) is 4.62. The first-order valence-corrected chi connectivity index (χ1v) is 11.7. The van der Waals surface area contributed by atoms with Crippen LogP contribution in [0.5, 0.6) is 0 Å². The number of benzene rings is 1. The fourth-order valence-electron chi connectivity index (χ4n) is 5.62. The number of hydrogen-bond acceptors (Lipinski definition) is 4. The largest absolute Gasteiger partial charge is 0.378 e. The number of rotatable bonds is 5. The van der Waals surface area contributed by atoms with Crippen molar-refractivity contribution >= 4 is 11.8 Å². The first-order valence-electron chi connectivity index (χ1n) is 11.7. The molecule has 2 amide bonds. The summed E-state index contributed by atoms with van der Waals surface area (Å²) in [4.78, 5) is 30.2. The van der Waals surface area contributed by atoms with Gasteiger partial charge in [-0.25, -0.2) is 13.2 Å². The monoisotopic (exact) mass is 467 g/mol. The molecule has 3 saturated heterocycles. The van der Waals surface area contributed by atoms with E-state index >= 15 is 0 Å². The van der Waals surface area contributed by atoms with Gasteiger partial charge >= 0.3 is 0 Å². The Morgan fingerprint density at radius 2 is 1.61 bits per heavy atom. The van der Waals surface area contributed by atoms with E-state index in [-0.39, 0.29) is 41.8 Å². The molecule has 182 valence electrons. The lowest BCUT2D eigenvalue weighted by atomic mass is 9.80. The Morgan fingerprint density at radius 1 is 1.03 bits per heavy atom. The van der Waals surface area contributed by atoms with E-state index < -0.39 is 28.9 Å². The molecule has 6 nitrogen and oxygen atoms in total. The highest BCUT2D eigenvalue weighted by molar-refractivity contribution is 6.04. The summed E-state index contributed by atoms with van der Waals surface area (Å²) >= 11 is 0. The number of piperidine rings is 1. The molecule has 3 aliphatic heterocycles. The van der Waals surface area contributed by atoms with E-state index in [1.54, 1.807) is 18.7 Å². The summed E-state index contributed by atoms with van der Waals surface area (Å²) in [5, 5.41) is 0. The van der Waals surface area contributed by atoms with Crippen molar-refractivity contribution in [2.75, 3.05) is 26.3 Å². The van der Waals surface area contributed by atoms with Gasteiger partial charge in [-0.15, -0.1) is 0 Å². The molecule has 4 rings (SSSR count). The van der Waals surface area contributed by atoms with E-state index in [9.17, 15) is 22.8 Å². The molecule has 3 heterocycles. The summed E-state index contributed by atoms with van der Waals surface area (Å²) in [6.45, 7) is 5.30. The van der Waals surface area contributed by atoms with Crippen molar-refractivity contribution in [3.8, 4) is 0 Å². The summed E-state index contributed by atoms with van der Waals surface area (Å²) in [7, 11) is 0. The Labute approximate surface area is 192 Å². The van der Waals surface area contributed by atoms with Crippen molar-refractivity contribution < 1.29 is 27.5 Å². The van der Waals surface area contributed by atoms with Gasteiger partial charge in [-0.3, -0.25) is 9.59 Å². The first-order chi connectivity index (χ1) is 15.6. The van der Waals surface area contributed by atoms with Crippen LogP contribution in [-0.2, 0) is 20.7 Å². The van der Waals surface area contributed by atoms with Crippen LogP contribution in [0.4, 0.5) is 13.2 Å². The number of fused-ring (bicyclic) bond motifs is 2.